The van der Waals surface area contributed by atoms with Crippen LogP contribution in [0.2, 0.25) is 5.02 Å². The highest BCUT2D eigenvalue weighted by molar-refractivity contribution is 7.80. The second-order valence-electron chi connectivity index (χ2n) is 8.85. The minimum atomic E-state index is -0.359. The molecule has 1 aliphatic heterocycles. The molecule has 1 fully saturated rings. The van der Waals surface area contributed by atoms with Gasteiger partial charge in [0.05, 0.1) is 28.8 Å². The topological polar surface area (TPSA) is 35.8 Å². The minimum Gasteiger partial charge on any atom is -0.496 e. The van der Waals surface area contributed by atoms with E-state index in [1.165, 1.54) is 29.8 Å². The van der Waals surface area contributed by atoms with E-state index >= 15 is 0 Å². The second-order valence-corrected chi connectivity index (χ2v) is 10.7. The van der Waals surface area contributed by atoms with Crippen molar-refractivity contribution in [3.63, 3.8) is 0 Å². The maximum absolute atomic E-state index is 6.39. The number of rotatable bonds is 4. The van der Waals surface area contributed by atoms with Crippen molar-refractivity contribution in [3.8, 4) is 5.75 Å². The Morgan fingerprint density at radius 2 is 2.03 bits per heavy atom. The number of benzene rings is 1. The van der Waals surface area contributed by atoms with Gasteiger partial charge in [-0.15, -0.1) is 0 Å². The van der Waals surface area contributed by atoms with Crippen LogP contribution in [-0.2, 0) is 22.5 Å². The largest absolute Gasteiger partial charge is 0.496 e. The number of hydrogen-bond acceptors (Lipinski definition) is 4. The quantitative estimate of drug-likeness (QED) is 0.553. The summed E-state index contributed by atoms with van der Waals surface area (Å²) in [6, 6.07) is 5.45. The van der Waals surface area contributed by atoms with Crippen LogP contribution in [0.1, 0.15) is 63.1 Å². The van der Waals surface area contributed by atoms with E-state index in [0.717, 1.165) is 16.9 Å². The van der Waals surface area contributed by atoms with E-state index < -0.39 is 0 Å². The van der Waals surface area contributed by atoms with E-state index in [1.54, 1.807) is 24.5 Å². The molecule has 2 aromatic rings. The third-order valence-corrected chi connectivity index (χ3v) is 7.72. The average molecular weight is 451 g/mol. The molecule has 1 aromatic heterocycles. The Morgan fingerprint density at radius 1 is 1.31 bits per heavy atom. The molecule has 0 unspecified atom stereocenters. The lowest BCUT2D eigenvalue weighted by Crippen LogP contribution is -2.32. The molecular formula is C22H27ClN2O2S2. The molecule has 2 aliphatic rings. The molecule has 4 nitrogen and oxygen atoms in total. The van der Waals surface area contributed by atoms with E-state index in [-0.39, 0.29) is 11.2 Å². The summed E-state index contributed by atoms with van der Waals surface area (Å²) in [7, 11) is 1.63. The Labute approximate surface area is 186 Å². The van der Waals surface area contributed by atoms with Crippen LogP contribution in [0.3, 0.4) is 0 Å². The van der Waals surface area contributed by atoms with E-state index in [1.807, 2.05) is 12.1 Å². The van der Waals surface area contributed by atoms with Crippen LogP contribution < -0.4 is 9.54 Å². The van der Waals surface area contributed by atoms with Crippen LogP contribution in [0.15, 0.2) is 23.2 Å². The zero-order valence-electron chi connectivity index (χ0n) is 17.5. The highest BCUT2D eigenvalue weighted by Crippen LogP contribution is 2.48. The molecule has 1 aromatic carbocycles. The molecule has 2 heterocycles. The predicted octanol–water partition coefficient (Wildman–Crippen LogP) is 5.79. The highest BCUT2D eigenvalue weighted by Gasteiger charge is 2.47. The summed E-state index contributed by atoms with van der Waals surface area (Å²) in [6.07, 6.45) is 3.86. The summed E-state index contributed by atoms with van der Waals surface area (Å²) < 4.78 is 14.2. The van der Waals surface area contributed by atoms with Crippen molar-refractivity contribution in [1.82, 2.24) is 4.57 Å². The summed E-state index contributed by atoms with van der Waals surface area (Å²) in [5, 5.41) is 0.616. The molecule has 4 rings (SSSR count). The van der Waals surface area contributed by atoms with Gasteiger partial charge in [-0.1, -0.05) is 41.6 Å². The van der Waals surface area contributed by atoms with Gasteiger partial charge in [-0.2, -0.15) is 0 Å². The summed E-state index contributed by atoms with van der Waals surface area (Å²) in [5.41, 5.74) is 1.28. The van der Waals surface area contributed by atoms with Crippen molar-refractivity contribution < 1.29 is 9.47 Å². The first-order valence-corrected chi connectivity index (χ1v) is 11.6. The molecule has 0 bridgehead atoms. The van der Waals surface area contributed by atoms with E-state index in [9.17, 15) is 0 Å². The third kappa shape index (κ3) is 3.80. The fourth-order valence-corrected chi connectivity index (χ4v) is 6.14. The van der Waals surface area contributed by atoms with Gasteiger partial charge in [-0.05, 0) is 64.7 Å². The maximum atomic E-state index is 6.39. The van der Waals surface area contributed by atoms with Gasteiger partial charge in [-0.25, -0.2) is 4.99 Å². The minimum absolute atomic E-state index is 0.339. The summed E-state index contributed by atoms with van der Waals surface area (Å²) in [4.78, 5) is 7.56. The zero-order chi connectivity index (χ0) is 21.0. The Hall–Kier alpha value is -1.21. The first kappa shape index (κ1) is 21.0. The number of methoxy groups -OCH3 is 1. The van der Waals surface area contributed by atoms with E-state index in [0.29, 0.717) is 21.7 Å². The number of hydrogen-bond donors (Lipinski definition) is 0. The van der Waals surface area contributed by atoms with E-state index in [4.69, 9.17) is 38.3 Å². The van der Waals surface area contributed by atoms with Crippen molar-refractivity contribution in [3.05, 3.63) is 44.2 Å². The number of ether oxygens (including phenoxy) is 2. The molecule has 0 atom stereocenters. The van der Waals surface area contributed by atoms with Crippen LogP contribution >= 0.6 is 35.2 Å². The molecule has 1 aliphatic carbocycles. The van der Waals surface area contributed by atoms with Crippen molar-refractivity contribution in [2.24, 2.45) is 10.9 Å². The first-order valence-electron chi connectivity index (χ1n) is 10.00. The van der Waals surface area contributed by atoms with Crippen LogP contribution in [0.25, 0.3) is 0 Å². The van der Waals surface area contributed by atoms with Gasteiger partial charge in [0.1, 0.15) is 16.3 Å². The number of nitrogens with zero attached hydrogens (tertiary/aromatic N) is 2. The standard InChI is InChI=1S/C22H27ClN2O2S2/c1-21(2)17-18(22(3,4)27-21)29-20(25(17)12-13-7-6-8-13)24-19(28)15-11-14(23)9-10-16(15)26-5/h9-11,13H,6-8,12H2,1-5H3. The molecule has 1 saturated carbocycles. The van der Waals surface area contributed by atoms with Crippen molar-refractivity contribution in [2.75, 3.05) is 7.11 Å². The molecule has 0 saturated heterocycles. The lowest BCUT2D eigenvalue weighted by Gasteiger charge is -2.29. The molecule has 156 valence electrons. The van der Waals surface area contributed by atoms with Gasteiger partial charge < -0.3 is 14.0 Å². The number of aromatic nitrogens is 1. The number of thiazole rings is 1. The van der Waals surface area contributed by atoms with Gasteiger partial charge in [-0.3, -0.25) is 0 Å². The van der Waals surface area contributed by atoms with Crippen molar-refractivity contribution >= 4 is 40.1 Å². The van der Waals surface area contributed by atoms with Gasteiger partial charge in [0, 0.05) is 11.6 Å². The van der Waals surface area contributed by atoms with Gasteiger partial charge in [0.2, 0.25) is 0 Å². The highest BCUT2D eigenvalue weighted by atomic mass is 35.5. The average Bonchev–Trinajstić information content (AvgIpc) is 3.04. The Morgan fingerprint density at radius 3 is 2.66 bits per heavy atom. The zero-order valence-corrected chi connectivity index (χ0v) is 19.9. The SMILES string of the molecule is COc1ccc(Cl)cc1C(=S)N=c1sc2c(n1CC1CCC1)C(C)(C)OC2(C)C. The Bertz CT molecular complexity index is 1030. The normalized spacial score (nSPS) is 20.4. The summed E-state index contributed by atoms with van der Waals surface area (Å²) in [6.45, 7) is 9.52. The number of fused-ring (bicyclic) bond motifs is 1. The summed E-state index contributed by atoms with van der Waals surface area (Å²) in [5.74, 6) is 1.38. The molecule has 29 heavy (non-hydrogen) atoms. The van der Waals surface area contributed by atoms with Crippen LogP contribution in [0.4, 0.5) is 0 Å². The molecule has 7 heteroatoms. The monoisotopic (exact) mass is 450 g/mol. The van der Waals surface area contributed by atoms with E-state index in [2.05, 4.69) is 32.3 Å². The lowest BCUT2D eigenvalue weighted by molar-refractivity contribution is -0.107. The van der Waals surface area contributed by atoms with Crippen LogP contribution in [0.5, 0.6) is 5.75 Å². The summed E-state index contributed by atoms with van der Waals surface area (Å²) >= 11 is 13.6. The smallest absolute Gasteiger partial charge is 0.191 e. The molecule has 0 radical (unpaired) electrons. The van der Waals surface area contributed by atoms with Crippen molar-refractivity contribution in [1.29, 1.82) is 0 Å². The van der Waals surface area contributed by atoms with Gasteiger partial charge in [0.25, 0.3) is 0 Å². The van der Waals surface area contributed by atoms with Crippen LogP contribution in [0, 0.1) is 5.92 Å². The molecule has 0 amide bonds. The van der Waals surface area contributed by atoms with Crippen LogP contribution in [-0.4, -0.2) is 16.7 Å². The fraction of sp³-hybridized carbons (Fsp3) is 0.545. The molecular weight excluding hydrogens is 424 g/mol. The Kier molecular flexibility index (Phi) is 5.43. The number of halogens is 1. The lowest BCUT2D eigenvalue weighted by atomic mass is 9.85. The first-order chi connectivity index (χ1) is 13.6. The molecule has 0 spiro atoms. The third-order valence-electron chi connectivity index (χ3n) is 5.79. The fourth-order valence-electron chi connectivity index (χ4n) is 4.33. The second kappa shape index (κ2) is 7.49. The maximum Gasteiger partial charge on any atom is 0.191 e. The Balaban J connectivity index is 1.86. The van der Waals surface area contributed by atoms with Gasteiger partial charge in [0.15, 0.2) is 4.80 Å². The molecule has 0 N–H and O–H groups in total. The predicted molar refractivity (Wildman–Crippen MR) is 122 cm³/mol. The number of thiocarbonyl (C=S) groups is 1. The van der Waals surface area contributed by atoms with Crippen molar-refractivity contribution in [2.45, 2.75) is 64.7 Å². The van der Waals surface area contributed by atoms with Gasteiger partial charge >= 0.3 is 0 Å².